The van der Waals surface area contributed by atoms with Crippen LogP contribution in [0.3, 0.4) is 0 Å². The van der Waals surface area contributed by atoms with Crippen LogP contribution in [0.25, 0.3) is 11.0 Å². The molecule has 1 aliphatic rings. The van der Waals surface area contributed by atoms with Crippen molar-refractivity contribution in [1.82, 2.24) is 4.98 Å². The summed E-state index contributed by atoms with van der Waals surface area (Å²) in [6, 6.07) is 11.5. The van der Waals surface area contributed by atoms with Crippen LogP contribution in [0.1, 0.15) is 34.6 Å². The molecule has 1 unspecified atom stereocenters. The van der Waals surface area contributed by atoms with E-state index in [0.29, 0.717) is 39.0 Å². The SMILES string of the molecule is CCOc1ccc2c(=O)c3c(oc2c1)C(=O)N(c1nccs1)C3c1cccc(Cl)c1. The highest BCUT2D eigenvalue weighted by Crippen LogP contribution is 2.42. The lowest BCUT2D eigenvalue weighted by Gasteiger charge is -2.22. The summed E-state index contributed by atoms with van der Waals surface area (Å²) in [5.41, 5.74) is 1.05. The first kappa shape index (κ1) is 18.8. The Morgan fingerprint density at radius 2 is 2.10 bits per heavy atom. The third-order valence-corrected chi connectivity index (χ3v) is 5.95. The molecule has 1 amide bonds. The Labute approximate surface area is 180 Å². The molecule has 0 fully saturated rings. The number of rotatable bonds is 4. The summed E-state index contributed by atoms with van der Waals surface area (Å²) in [7, 11) is 0. The molecule has 0 saturated heterocycles. The van der Waals surface area contributed by atoms with Gasteiger partial charge in [-0.2, -0.15) is 0 Å². The zero-order valence-electron chi connectivity index (χ0n) is 15.8. The highest BCUT2D eigenvalue weighted by Gasteiger charge is 2.44. The van der Waals surface area contributed by atoms with Crippen molar-refractivity contribution in [2.45, 2.75) is 13.0 Å². The number of fused-ring (bicyclic) bond motifs is 2. The highest BCUT2D eigenvalue weighted by atomic mass is 35.5. The van der Waals surface area contributed by atoms with Gasteiger partial charge in [0.2, 0.25) is 5.76 Å². The molecule has 150 valence electrons. The molecule has 1 aliphatic heterocycles. The predicted octanol–water partition coefficient (Wildman–Crippen LogP) is 5.05. The van der Waals surface area contributed by atoms with Crippen molar-refractivity contribution in [3.05, 3.63) is 86.2 Å². The number of carbonyl (C=O) groups is 1. The molecule has 4 aromatic rings. The molecule has 5 rings (SSSR count). The van der Waals surface area contributed by atoms with Crippen molar-refractivity contribution in [3.63, 3.8) is 0 Å². The van der Waals surface area contributed by atoms with Gasteiger partial charge in [-0.3, -0.25) is 14.5 Å². The van der Waals surface area contributed by atoms with Crippen LogP contribution in [0.15, 0.2) is 63.3 Å². The second kappa shape index (κ2) is 7.27. The Hall–Kier alpha value is -3.16. The monoisotopic (exact) mass is 438 g/mol. The number of hydrogen-bond acceptors (Lipinski definition) is 6. The lowest BCUT2D eigenvalue weighted by atomic mass is 9.99. The molecular formula is C22H15ClN2O4S. The van der Waals surface area contributed by atoms with E-state index in [9.17, 15) is 9.59 Å². The van der Waals surface area contributed by atoms with Crippen LogP contribution in [0.5, 0.6) is 5.75 Å². The molecule has 0 aliphatic carbocycles. The maximum atomic E-state index is 13.5. The molecule has 3 heterocycles. The van der Waals surface area contributed by atoms with Crippen LogP contribution in [0, 0.1) is 0 Å². The van der Waals surface area contributed by atoms with Crippen LogP contribution < -0.4 is 15.1 Å². The summed E-state index contributed by atoms with van der Waals surface area (Å²) in [5, 5.41) is 3.16. The second-order valence-electron chi connectivity index (χ2n) is 6.71. The number of halogens is 1. The standard InChI is InChI=1S/C22H15ClN2O4S/c1-2-28-14-6-7-15-16(11-14)29-20-17(19(15)26)18(12-4-3-5-13(23)10-12)25(21(20)27)22-24-8-9-30-22/h3-11,18H,2H2,1H3. The summed E-state index contributed by atoms with van der Waals surface area (Å²) in [6.07, 6.45) is 1.62. The summed E-state index contributed by atoms with van der Waals surface area (Å²) in [4.78, 5) is 32.6. The number of benzene rings is 2. The van der Waals surface area contributed by atoms with Gasteiger partial charge < -0.3 is 9.15 Å². The van der Waals surface area contributed by atoms with Gasteiger partial charge in [-0.05, 0) is 36.8 Å². The van der Waals surface area contributed by atoms with E-state index in [-0.39, 0.29) is 16.8 Å². The first-order valence-electron chi connectivity index (χ1n) is 9.30. The van der Waals surface area contributed by atoms with Crippen molar-refractivity contribution in [2.75, 3.05) is 11.5 Å². The minimum Gasteiger partial charge on any atom is -0.494 e. The molecule has 0 saturated carbocycles. The van der Waals surface area contributed by atoms with Crippen molar-refractivity contribution in [2.24, 2.45) is 0 Å². The molecule has 0 bridgehead atoms. The van der Waals surface area contributed by atoms with Gasteiger partial charge in [-0.15, -0.1) is 11.3 Å². The summed E-state index contributed by atoms with van der Waals surface area (Å²) in [5.74, 6) is 0.175. The molecular weight excluding hydrogens is 424 g/mol. The molecule has 1 atom stereocenters. The van der Waals surface area contributed by atoms with Crippen molar-refractivity contribution >= 4 is 44.9 Å². The smallest absolute Gasteiger partial charge is 0.297 e. The fourth-order valence-electron chi connectivity index (χ4n) is 3.73. The Balaban J connectivity index is 1.79. The van der Waals surface area contributed by atoms with E-state index in [1.54, 1.807) is 48.0 Å². The highest BCUT2D eigenvalue weighted by molar-refractivity contribution is 7.13. The van der Waals surface area contributed by atoms with E-state index < -0.39 is 11.9 Å². The molecule has 8 heteroatoms. The first-order valence-corrected chi connectivity index (χ1v) is 10.6. The van der Waals surface area contributed by atoms with Crippen molar-refractivity contribution in [3.8, 4) is 5.75 Å². The van der Waals surface area contributed by atoms with Gasteiger partial charge in [-0.25, -0.2) is 4.98 Å². The minimum atomic E-state index is -0.676. The average molecular weight is 439 g/mol. The Kier molecular flexibility index (Phi) is 4.56. The van der Waals surface area contributed by atoms with Crippen LogP contribution in [0.2, 0.25) is 5.02 Å². The van der Waals surface area contributed by atoms with Gasteiger partial charge in [0, 0.05) is 22.7 Å². The summed E-state index contributed by atoms with van der Waals surface area (Å²) < 4.78 is 11.5. The zero-order chi connectivity index (χ0) is 20.8. The number of hydrogen-bond donors (Lipinski definition) is 0. The summed E-state index contributed by atoms with van der Waals surface area (Å²) in [6.45, 7) is 2.35. The molecule has 0 N–H and O–H groups in total. The van der Waals surface area contributed by atoms with E-state index in [1.807, 2.05) is 13.0 Å². The Morgan fingerprint density at radius 3 is 2.83 bits per heavy atom. The van der Waals surface area contributed by atoms with Crippen molar-refractivity contribution in [1.29, 1.82) is 0 Å². The molecule has 6 nitrogen and oxygen atoms in total. The van der Waals surface area contributed by atoms with Gasteiger partial charge >= 0.3 is 0 Å². The number of anilines is 1. The quantitative estimate of drug-likeness (QED) is 0.445. The fourth-order valence-corrected chi connectivity index (χ4v) is 4.60. The van der Waals surface area contributed by atoms with Crippen LogP contribution in [-0.2, 0) is 0 Å². The van der Waals surface area contributed by atoms with E-state index in [1.165, 1.54) is 16.2 Å². The molecule has 30 heavy (non-hydrogen) atoms. The normalized spacial score (nSPS) is 15.6. The Bertz CT molecular complexity index is 1330. The third-order valence-electron chi connectivity index (χ3n) is 4.94. The number of aromatic nitrogens is 1. The molecule has 2 aromatic heterocycles. The maximum absolute atomic E-state index is 13.5. The lowest BCUT2D eigenvalue weighted by Crippen LogP contribution is -2.29. The molecule has 0 radical (unpaired) electrons. The van der Waals surface area contributed by atoms with Crippen LogP contribution in [0.4, 0.5) is 5.13 Å². The molecule has 2 aromatic carbocycles. The van der Waals surface area contributed by atoms with E-state index >= 15 is 0 Å². The van der Waals surface area contributed by atoms with Gasteiger partial charge in [0.25, 0.3) is 5.91 Å². The van der Waals surface area contributed by atoms with E-state index in [4.69, 9.17) is 20.8 Å². The van der Waals surface area contributed by atoms with Gasteiger partial charge in [0.05, 0.1) is 23.6 Å². The fraction of sp³-hybridized carbons (Fsp3) is 0.136. The van der Waals surface area contributed by atoms with E-state index in [2.05, 4.69) is 4.98 Å². The maximum Gasteiger partial charge on any atom is 0.297 e. The van der Waals surface area contributed by atoms with Gasteiger partial charge in [-0.1, -0.05) is 23.7 Å². The largest absolute Gasteiger partial charge is 0.494 e. The van der Waals surface area contributed by atoms with Crippen LogP contribution >= 0.6 is 22.9 Å². The molecule has 0 spiro atoms. The third kappa shape index (κ3) is 2.89. The number of thiazole rings is 1. The Morgan fingerprint density at radius 1 is 1.23 bits per heavy atom. The number of nitrogens with zero attached hydrogens (tertiary/aromatic N) is 2. The van der Waals surface area contributed by atoms with Crippen LogP contribution in [-0.4, -0.2) is 17.5 Å². The van der Waals surface area contributed by atoms with Gasteiger partial charge in [0.1, 0.15) is 11.3 Å². The van der Waals surface area contributed by atoms with E-state index in [0.717, 1.165) is 0 Å². The first-order chi connectivity index (χ1) is 14.6. The topological polar surface area (TPSA) is 72.6 Å². The zero-order valence-corrected chi connectivity index (χ0v) is 17.4. The van der Waals surface area contributed by atoms with Gasteiger partial charge in [0.15, 0.2) is 10.6 Å². The summed E-state index contributed by atoms with van der Waals surface area (Å²) >= 11 is 7.52. The number of amides is 1. The second-order valence-corrected chi connectivity index (χ2v) is 8.02. The number of ether oxygens (including phenoxy) is 1. The average Bonchev–Trinajstić information content (AvgIpc) is 3.35. The minimum absolute atomic E-state index is 0.0151. The number of carbonyl (C=O) groups excluding carboxylic acids is 1. The lowest BCUT2D eigenvalue weighted by molar-refractivity contribution is 0.0971. The van der Waals surface area contributed by atoms with Crippen molar-refractivity contribution < 1.29 is 13.9 Å². The predicted molar refractivity (Wildman–Crippen MR) is 116 cm³/mol.